The maximum atomic E-state index is 10.7. The SMILES string of the molecule is O=C=NSC(=O)C(=O)N=C=O.O=S(=O)([O-])C(F)(F)F.[Na+]. The number of carbonyl (C=O) groups is 2. The van der Waals surface area contributed by atoms with Crippen LogP contribution in [0.5, 0.6) is 0 Å². The summed E-state index contributed by atoms with van der Waals surface area (Å²) < 4.78 is 61.6. The second-order valence-corrected chi connectivity index (χ2v) is 4.08. The maximum absolute atomic E-state index is 10.7. The first-order valence-corrected chi connectivity index (χ1v) is 5.58. The van der Waals surface area contributed by atoms with Crippen LogP contribution in [-0.4, -0.2) is 41.7 Å². The van der Waals surface area contributed by atoms with Crippen LogP contribution in [0, 0.1) is 0 Å². The molecule has 1 amide bonds. The molecule has 20 heavy (non-hydrogen) atoms. The second-order valence-electron chi connectivity index (χ2n) is 1.97. The van der Waals surface area contributed by atoms with E-state index in [4.69, 9.17) is 13.0 Å². The number of hydrogen-bond acceptors (Lipinski definition) is 9. The van der Waals surface area contributed by atoms with E-state index in [9.17, 15) is 32.3 Å². The Morgan fingerprint density at radius 2 is 1.55 bits per heavy atom. The molecule has 15 heteroatoms. The molecule has 0 aliphatic heterocycles. The van der Waals surface area contributed by atoms with E-state index in [2.05, 4.69) is 9.39 Å². The fraction of sp³-hybridized carbons (Fsp3) is 0.200. The molecule has 0 spiro atoms. The summed E-state index contributed by atoms with van der Waals surface area (Å²) in [4.78, 5) is 41.9. The van der Waals surface area contributed by atoms with Gasteiger partial charge in [-0.2, -0.15) is 13.2 Å². The molecule has 106 valence electrons. The Labute approximate surface area is 134 Å². The Hall–Kier alpha value is -0.850. The number of nitrogens with zero attached hydrogens (tertiary/aromatic N) is 2. The number of rotatable bonds is 1. The van der Waals surface area contributed by atoms with E-state index in [0.717, 1.165) is 12.2 Å². The normalized spacial score (nSPS) is 9.60. The summed E-state index contributed by atoms with van der Waals surface area (Å²) in [6.45, 7) is 0. The summed E-state index contributed by atoms with van der Waals surface area (Å²) in [5, 5.41) is -1.13. The monoisotopic (exact) mass is 344 g/mol. The second kappa shape index (κ2) is 10.9. The van der Waals surface area contributed by atoms with Crippen LogP contribution in [0.1, 0.15) is 0 Å². The van der Waals surface area contributed by atoms with Gasteiger partial charge >= 0.3 is 46.1 Å². The summed E-state index contributed by atoms with van der Waals surface area (Å²) in [5.74, 6) is -1.30. The number of hydrogen-bond donors (Lipinski definition) is 0. The number of alkyl halides is 3. The number of aliphatic imine (C=N–C) groups is 1. The molecule has 0 bridgehead atoms. The van der Waals surface area contributed by atoms with Crippen molar-refractivity contribution in [3.8, 4) is 0 Å². The Morgan fingerprint density at radius 3 is 1.80 bits per heavy atom. The number of isocyanates is 2. The fourth-order valence-electron chi connectivity index (χ4n) is 0.186. The van der Waals surface area contributed by atoms with Crippen LogP contribution in [0.3, 0.4) is 0 Å². The molecule has 0 saturated carbocycles. The van der Waals surface area contributed by atoms with Crippen LogP contribution in [0.15, 0.2) is 9.39 Å². The van der Waals surface area contributed by atoms with Gasteiger partial charge in [0.25, 0.3) is 0 Å². The van der Waals surface area contributed by atoms with Crippen LogP contribution in [0.25, 0.3) is 0 Å². The van der Waals surface area contributed by atoms with E-state index in [-0.39, 0.29) is 41.5 Å². The topological polar surface area (TPSA) is 150 Å². The molecule has 0 aliphatic carbocycles. The van der Waals surface area contributed by atoms with Gasteiger partial charge in [0.05, 0.1) is 11.9 Å². The van der Waals surface area contributed by atoms with Crippen LogP contribution >= 0.6 is 11.9 Å². The minimum absolute atomic E-state index is 0. The van der Waals surface area contributed by atoms with Gasteiger partial charge in [-0.05, 0) is 0 Å². The van der Waals surface area contributed by atoms with Crippen LogP contribution in [-0.2, 0) is 29.3 Å². The van der Waals surface area contributed by atoms with Crippen molar-refractivity contribution in [1.82, 2.24) is 0 Å². The summed E-state index contributed by atoms with van der Waals surface area (Å²) in [6, 6.07) is 0. The zero-order valence-electron chi connectivity index (χ0n) is 9.20. The van der Waals surface area contributed by atoms with Gasteiger partial charge < -0.3 is 4.55 Å². The van der Waals surface area contributed by atoms with Crippen LogP contribution < -0.4 is 29.6 Å². The minimum Gasteiger partial charge on any atom is -0.741 e. The molecule has 0 N–H and O–H groups in total. The predicted octanol–water partition coefficient (Wildman–Crippen LogP) is -3.59. The minimum atomic E-state index is -6.09. The van der Waals surface area contributed by atoms with Gasteiger partial charge in [-0.3, -0.25) is 9.59 Å². The number of halogens is 3. The molecule has 0 aromatic rings. The molecule has 0 aliphatic rings. The Kier molecular flexibility index (Phi) is 13.2. The van der Waals surface area contributed by atoms with Crippen LogP contribution in [0.4, 0.5) is 13.2 Å². The molecule has 0 fully saturated rings. The molecule has 0 saturated heterocycles. The largest absolute Gasteiger partial charge is 1.00 e. The third kappa shape index (κ3) is 12.2. The van der Waals surface area contributed by atoms with Gasteiger partial charge in [0, 0.05) is 0 Å². The van der Waals surface area contributed by atoms with E-state index in [0.29, 0.717) is 0 Å². The van der Waals surface area contributed by atoms with Gasteiger partial charge in [0.15, 0.2) is 10.1 Å². The average Bonchev–Trinajstić information content (AvgIpc) is 2.24. The third-order valence-electron chi connectivity index (χ3n) is 0.771. The molecular weight excluding hydrogens is 344 g/mol. The summed E-state index contributed by atoms with van der Waals surface area (Å²) >= 11 is 0.0648. The molecule has 0 aromatic carbocycles. The molecule has 0 heterocycles. The van der Waals surface area contributed by atoms with Crippen molar-refractivity contribution in [3.63, 3.8) is 0 Å². The van der Waals surface area contributed by atoms with Gasteiger partial charge in [-0.25, -0.2) is 18.0 Å². The molecule has 9 nitrogen and oxygen atoms in total. The number of carbonyl (C=O) groups excluding carboxylic acids is 4. The third-order valence-corrected chi connectivity index (χ3v) is 1.84. The smallest absolute Gasteiger partial charge is 0.741 e. The fourth-order valence-corrected chi connectivity index (χ4v) is 0.430. The van der Waals surface area contributed by atoms with E-state index in [1.807, 2.05) is 0 Å². The summed E-state index contributed by atoms with van der Waals surface area (Å²) in [5.41, 5.74) is -5.65. The van der Waals surface area contributed by atoms with Gasteiger partial charge in [-0.1, -0.05) is 0 Å². The predicted molar refractivity (Wildman–Crippen MR) is 49.6 cm³/mol. The zero-order chi connectivity index (χ0) is 15.7. The first kappa shape index (κ1) is 24.2. The molecule has 0 aromatic heterocycles. The Morgan fingerprint density at radius 1 is 1.15 bits per heavy atom. The van der Waals surface area contributed by atoms with E-state index in [1.165, 1.54) is 0 Å². The first-order chi connectivity index (χ1) is 8.47. The quantitative estimate of drug-likeness (QED) is 0.0901. The van der Waals surface area contributed by atoms with Crippen molar-refractivity contribution in [3.05, 3.63) is 0 Å². The molecule has 0 rings (SSSR count). The number of amides is 1. The Balaban J connectivity index is -0.000000288. The van der Waals surface area contributed by atoms with Crippen molar-refractivity contribution < 1.29 is 74.9 Å². The van der Waals surface area contributed by atoms with E-state index >= 15 is 0 Å². The first-order valence-electron chi connectivity index (χ1n) is 3.40. The summed E-state index contributed by atoms with van der Waals surface area (Å²) in [7, 11) is -6.09. The van der Waals surface area contributed by atoms with Crippen LogP contribution in [0.2, 0.25) is 0 Å². The van der Waals surface area contributed by atoms with E-state index in [1.54, 1.807) is 0 Å². The Bertz CT molecular complexity index is 547. The molecule has 0 radical (unpaired) electrons. The van der Waals surface area contributed by atoms with Gasteiger partial charge in [0.1, 0.15) is 0 Å². The van der Waals surface area contributed by atoms with Gasteiger partial charge in [0.2, 0.25) is 12.2 Å². The van der Waals surface area contributed by atoms with Crippen molar-refractivity contribution in [1.29, 1.82) is 0 Å². The zero-order valence-corrected chi connectivity index (χ0v) is 12.8. The van der Waals surface area contributed by atoms with Crippen molar-refractivity contribution >= 4 is 45.2 Å². The van der Waals surface area contributed by atoms with E-state index < -0.39 is 26.6 Å². The van der Waals surface area contributed by atoms with Gasteiger partial charge in [-0.15, -0.1) is 9.39 Å². The molecule has 0 unspecified atom stereocenters. The molecular formula is C5F3N2NaO7S2. The van der Waals surface area contributed by atoms with Crippen molar-refractivity contribution in [2.24, 2.45) is 9.39 Å². The van der Waals surface area contributed by atoms with Crippen molar-refractivity contribution in [2.75, 3.05) is 0 Å². The summed E-state index contributed by atoms with van der Waals surface area (Å²) in [6.07, 6.45) is 1.90. The maximum Gasteiger partial charge on any atom is 1.00 e. The van der Waals surface area contributed by atoms with Crippen molar-refractivity contribution in [2.45, 2.75) is 5.51 Å². The standard InChI is InChI=1S/C4N2O4S.CHF3O3S.Na/c7-1-5-3(9)4(10)11-6-2-8;2-1(3,4)8(5,6)7;/h;(H,5,6,7);/q;;+1/p-1. The average molecular weight is 344 g/mol. The molecule has 0 atom stereocenters.